The minimum absolute atomic E-state index is 0.0258. The van der Waals surface area contributed by atoms with Gasteiger partial charge in [0.2, 0.25) is 0 Å². The average Bonchev–Trinajstić information content (AvgIpc) is 2.27. The third kappa shape index (κ3) is 3.93. The van der Waals surface area contributed by atoms with Crippen LogP contribution in [0.4, 0.5) is 0 Å². The van der Waals surface area contributed by atoms with E-state index in [0.29, 0.717) is 10.0 Å². The van der Waals surface area contributed by atoms with Crippen LogP contribution in [0.25, 0.3) is 0 Å². The van der Waals surface area contributed by atoms with E-state index in [0.717, 1.165) is 0 Å². The summed E-state index contributed by atoms with van der Waals surface area (Å²) in [5.41, 5.74) is 0.334. The van der Waals surface area contributed by atoms with Gasteiger partial charge in [-0.05, 0) is 42.8 Å². The number of halogens is 2. The quantitative estimate of drug-likeness (QED) is 0.861. The maximum absolute atomic E-state index is 12.4. The van der Waals surface area contributed by atoms with Crippen molar-refractivity contribution in [2.24, 2.45) is 0 Å². The fourth-order valence-electron chi connectivity index (χ4n) is 1.54. The Morgan fingerprint density at radius 1 is 1.56 bits per heavy atom. The summed E-state index contributed by atoms with van der Waals surface area (Å²) in [6, 6.07) is 1.61. The summed E-state index contributed by atoms with van der Waals surface area (Å²) in [4.78, 5) is 17.9. The van der Waals surface area contributed by atoms with Crippen LogP contribution in [0.15, 0.2) is 16.7 Å². The molecule has 0 aliphatic carbocycles. The van der Waals surface area contributed by atoms with Gasteiger partial charge in [-0.1, -0.05) is 11.6 Å². The zero-order chi connectivity index (χ0) is 13.9. The second kappa shape index (κ2) is 6.50. The first-order valence-corrected chi connectivity index (χ1v) is 6.80. The lowest BCUT2D eigenvalue weighted by Crippen LogP contribution is -2.41. The topological polar surface area (TPSA) is 53.4 Å². The molecule has 100 valence electrons. The van der Waals surface area contributed by atoms with Gasteiger partial charge in [-0.2, -0.15) is 0 Å². The Labute approximate surface area is 120 Å². The molecule has 1 amide bonds. The minimum atomic E-state index is -0.588. The van der Waals surface area contributed by atoms with Gasteiger partial charge in [-0.3, -0.25) is 4.79 Å². The van der Waals surface area contributed by atoms with Gasteiger partial charge in [0, 0.05) is 23.3 Å². The van der Waals surface area contributed by atoms with Crippen LogP contribution in [0.5, 0.6) is 0 Å². The Hall–Kier alpha value is -0.650. The average molecular weight is 336 g/mol. The molecular weight excluding hydrogens is 320 g/mol. The standard InChI is InChI=1S/C12H16BrClN2O2/c1-7(2)16(6-8(3)17)12(18)10-4-9(13)5-15-11(10)14/h4-5,7-8,17H,6H2,1-3H3. The zero-order valence-corrected chi connectivity index (χ0v) is 12.9. The van der Waals surface area contributed by atoms with Gasteiger partial charge in [0.25, 0.3) is 5.91 Å². The SMILES string of the molecule is CC(O)CN(C(=O)c1cc(Br)cnc1Cl)C(C)C. The number of pyridine rings is 1. The summed E-state index contributed by atoms with van der Waals surface area (Å²) < 4.78 is 0.691. The van der Waals surface area contributed by atoms with Crippen molar-refractivity contribution in [2.45, 2.75) is 32.9 Å². The molecule has 0 aliphatic heterocycles. The van der Waals surface area contributed by atoms with Crippen LogP contribution in [-0.4, -0.2) is 39.6 Å². The molecule has 0 aromatic carbocycles. The molecule has 4 nitrogen and oxygen atoms in total. The maximum atomic E-state index is 12.4. The number of aromatic nitrogens is 1. The van der Waals surface area contributed by atoms with Crippen molar-refractivity contribution in [3.63, 3.8) is 0 Å². The molecule has 6 heteroatoms. The highest BCUT2D eigenvalue weighted by atomic mass is 79.9. The summed E-state index contributed by atoms with van der Waals surface area (Å²) in [6.45, 7) is 5.68. The highest BCUT2D eigenvalue weighted by Crippen LogP contribution is 2.20. The molecule has 0 spiro atoms. The lowest BCUT2D eigenvalue weighted by molar-refractivity contribution is 0.0578. The van der Waals surface area contributed by atoms with Crippen LogP contribution < -0.4 is 0 Å². The van der Waals surface area contributed by atoms with E-state index in [1.54, 1.807) is 17.9 Å². The van der Waals surface area contributed by atoms with Crippen molar-refractivity contribution in [1.82, 2.24) is 9.88 Å². The molecule has 0 radical (unpaired) electrons. The van der Waals surface area contributed by atoms with Crippen LogP contribution in [0, 0.1) is 0 Å². The van der Waals surface area contributed by atoms with Gasteiger partial charge in [0.15, 0.2) is 0 Å². The Morgan fingerprint density at radius 2 is 2.17 bits per heavy atom. The summed E-state index contributed by atoms with van der Waals surface area (Å²) in [6.07, 6.45) is 0.947. The first kappa shape index (κ1) is 15.4. The largest absolute Gasteiger partial charge is 0.392 e. The van der Waals surface area contributed by atoms with Crippen LogP contribution in [0.3, 0.4) is 0 Å². The monoisotopic (exact) mass is 334 g/mol. The number of aliphatic hydroxyl groups is 1. The number of hydrogen-bond acceptors (Lipinski definition) is 3. The molecule has 0 saturated heterocycles. The lowest BCUT2D eigenvalue weighted by atomic mass is 10.2. The molecule has 1 aromatic heterocycles. The van der Waals surface area contributed by atoms with Gasteiger partial charge in [-0.25, -0.2) is 4.98 Å². The van der Waals surface area contributed by atoms with Crippen LogP contribution >= 0.6 is 27.5 Å². The smallest absolute Gasteiger partial charge is 0.257 e. The van der Waals surface area contributed by atoms with E-state index in [1.165, 1.54) is 6.20 Å². The van der Waals surface area contributed by atoms with Crippen molar-refractivity contribution < 1.29 is 9.90 Å². The van der Waals surface area contributed by atoms with Crippen molar-refractivity contribution in [3.05, 3.63) is 27.5 Å². The second-order valence-corrected chi connectivity index (χ2v) is 5.67. The van der Waals surface area contributed by atoms with Crippen LogP contribution in [0.2, 0.25) is 5.15 Å². The highest BCUT2D eigenvalue weighted by Gasteiger charge is 2.23. The van der Waals surface area contributed by atoms with E-state index < -0.39 is 6.10 Å². The molecule has 0 bridgehead atoms. The van der Waals surface area contributed by atoms with E-state index in [9.17, 15) is 9.90 Å². The fourth-order valence-corrected chi connectivity index (χ4v) is 2.06. The Kier molecular flexibility index (Phi) is 5.56. The number of amides is 1. The molecule has 0 saturated carbocycles. The molecule has 18 heavy (non-hydrogen) atoms. The normalized spacial score (nSPS) is 12.6. The number of hydrogen-bond donors (Lipinski definition) is 1. The molecule has 1 unspecified atom stereocenters. The van der Waals surface area contributed by atoms with Gasteiger partial charge in [0.05, 0.1) is 11.7 Å². The number of carbonyl (C=O) groups excluding carboxylic acids is 1. The van der Waals surface area contributed by atoms with E-state index in [4.69, 9.17) is 11.6 Å². The van der Waals surface area contributed by atoms with E-state index in [2.05, 4.69) is 20.9 Å². The third-order valence-corrected chi connectivity index (χ3v) is 3.12. The van der Waals surface area contributed by atoms with E-state index in [-0.39, 0.29) is 23.6 Å². The van der Waals surface area contributed by atoms with Gasteiger partial charge >= 0.3 is 0 Å². The number of carbonyl (C=O) groups is 1. The highest BCUT2D eigenvalue weighted by molar-refractivity contribution is 9.10. The molecule has 1 atom stereocenters. The molecule has 1 N–H and O–H groups in total. The third-order valence-electron chi connectivity index (χ3n) is 2.38. The van der Waals surface area contributed by atoms with Crippen molar-refractivity contribution in [2.75, 3.05) is 6.54 Å². The lowest BCUT2D eigenvalue weighted by Gasteiger charge is -2.28. The molecule has 1 heterocycles. The second-order valence-electron chi connectivity index (χ2n) is 4.39. The Balaban J connectivity index is 3.05. The summed E-state index contributed by atoms with van der Waals surface area (Å²) >= 11 is 9.19. The predicted octanol–water partition coefficient (Wildman–Crippen LogP) is 2.73. The Morgan fingerprint density at radius 3 is 2.67 bits per heavy atom. The molecule has 0 fully saturated rings. The maximum Gasteiger partial charge on any atom is 0.257 e. The zero-order valence-electron chi connectivity index (χ0n) is 10.5. The summed E-state index contributed by atoms with van der Waals surface area (Å²) in [7, 11) is 0. The fraction of sp³-hybridized carbons (Fsp3) is 0.500. The van der Waals surface area contributed by atoms with E-state index >= 15 is 0 Å². The molecule has 1 rings (SSSR count). The number of rotatable bonds is 4. The van der Waals surface area contributed by atoms with Gasteiger partial charge in [0.1, 0.15) is 5.15 Å². The first-order chi connectivity index (χ1) is 8.32. The van der Waals surface area contributed by atoms with E-state index in [1.807, 2.05) is 13.8 Å². The summed E-state index contributed by atoms with van der Waals surface area (Å²) in [5.74, 6) is -0.232. The first-order valence-electron chi connectivity index (χ1n) is 5.63. The Bertz CT molecular complexity index is 438. The predicted molar refractivity (Wildman–Crippen MR) is 74.8 cm³/mol. The summed E-state index contributed by atoms with van der Waals surface area (Å²) in [5, 5.41) is 9.61. The van der Waals surface area contributed by atoms with Crippen molar-refractivity contribution >= 4 is 33.4 Å². The minimum Gasteiger partial charge on any atom is -0.392 e. The molecule has 0 aliphatic rings. The van der Waals surface area contributed by atoms with Crippen molar-refractivity contribution in [1.29, 1.82) is 0 Å². The number of aliphatic hydroxyl groups excluding tert-OH is 1. The van der Waals surface area contributed by atoms with Gasteiger partial charge in [-0.15, -0.1) is 0 Å². The molecular formula is C12H16BrClN2O2. The van der Waals surface area contributed by atoms with Crippen LogP contribution in [-0.2, 0) is 0 Å². The van der Waals surface area contributed by atoms with Crippen LogP contribution in [0.1, 0.15) is 31.1 Å². The number of nitrogens with zero attached hydrogens (tertiary/aromatic N) is 2. The molecule has 1 aromatic rings. The van der Waals surface area contributed by atoms with Gasteiger partial charge < -0.3 is 10.0 Å². The van der Waals surface area contributed by atoms with Crippen molar-refractivity contribution in [3.8, 4) is 0 Å².